The van der Waals surface area contributed by atoms with Gasteiger partial charge in [0.1, 0.15) is 0 Å². The summed E-state index contributed by atoms with van der Waals surface area (Å²) in [5, 5.41) is 11.7. The second-order valence-electron chi connectivity index (χ2n) is 4.97. The lowest BCUT2D eigenvalue weighted by Crippen LogP contribution is -2.43. The molecule has 0 saturated heterocycles. The molecule has 1 rings (SSSR count). The Bertz CT molecular complexity index is 372. The molecule has 2 amide bonds. The van der Waals surface area contributed by atoms with E-state index in [1.54, 1.807) is 14.0 Å². The van der Waals surface area contributed by atoms with Gasteiger partial charge in [-0.15, -0.1) is 0 Å². The maximum Gasteiger partial charge on any atom is 0.317 e. The van der Waals surface area contributed by atoms with Crippen molar-refractivity contribution in [1.29, 1.82) is 0 Å². The highest BCUT2D eigenvalue weighted by atomic mass is 16.5. The van der Waals surface area contributed by atoms with Crippen LogP contribution in [0.4, 0.5) is 4.79 Å². The van der Waals surface area contributed by atoms with E-state index in [0.29, 0.717) is 25.9 Å². The van der Waals surface area contributed by atoms with Crippen LogP contribution in [-0.4, -0.2) is 54.2 Å². The fourth-order valence-corrected chi connectivity index (χ4v) is 2.22. The number of carbonyl (C=O) groups is 3. The van der Waals surface area contributed by atoms with Crippen LogP contribution in [0.2, 0.25) is 0 Å². The van der Waals surface area contributed by atoms with Crippen LogP contribution in [0.1, 0.15) is 32.6 Å². The van der Waals surface area contributed by atoms with Gasteiger partial charge in [0.2, 0.25) is 0 Å². The van der Waals surface area contributed by atoms with E-state index in [9.17, 15) is 14.4 Å². The average Bonchev–Trinajstić information content (AvgIpc) is 2.85. The van der Waals surface area contributed by atoms with Crippen LogP contribution < -0.4 is 5.32 Å². The van der Waals surface area contributed by atoms with E-state index in [1.165, 1.54) is 4.90 Å². The van der Waals surface area contributed by atoms with Gasteiger partial charge in [-0.25, -0.2) is 4.79 Å². The minimum atomic E-state index is -0.808. The van der Waals surface area contributed by atoms with Gasteiger partial charge in [0.15, 0.2) is 0 Å². The SMILES string of the molecule is CCOC(=O)CCN(C)C(=O)N[C@H]1CC[C@@H](C(=O)O)C1. The van der Waals surface area contributed by atoms with Crippen molar-refractivity contribution < 1.29 is 24.2 Å². The highest BCUT2D eigenvalue weighted by Crippen LogP contribution is 2.25. The molecule has 0 unspecified atom stereocenters. The first-order valence-corrected chi connectivity index (χ1v) is 6.84. The van der Waals surface area contributed by atoms with Crippen molar-refractivity contribution in [1.82, 2.24) is 10.2 Å². The quantitative estimate of drug-likeness (QED) is 0.705. The molecule has 7 heteroatoms. The van der Waals surface area contributed by atoms with E-state index in [4.69, 9.17) is 9.84 Å². The zero-order valence-electron chi connectivity index (χ0n) is 11.9. The minimum absolute atomic E-state index is 0.103. The highest BCUT2D eigenvalue weighted by Gasteiger charge is 2.31. The summed E-state index contributed by atoms with van der Waals surface area (Å²) in [6.07, 6.45) is 1.88. The first-order valence-electron chi connectivity index (χ1n) is 6.84. The Hall–Kier alpha value is -1.79. The molecule has 0 aromatic rings. The van der Waals surface area contributed by atoms with Crippen molar-refractivity contribution >= 4 is 18.0 Å². The molecule has 1 fully saturated rings. The summed E-state index contributed by atoms with van der Waals surface area (Å²) in [5.74, 6) is -1.51. The number of nitrogens with zero attached hydrogens (tertiary/aromatic N) is 1. The predicted molar refractivity (Wildman–Crippen MR) is 71.2 cm³/mol. The van der Waals surface area contributed by atoms with Crippen molar-refractivity contribution in [3.05, 3.63) is 0 Å². The zero-order chi connectivity index (χ0) is 15.1. The summed E-state index contributed by atoms with van der Waals surface area (Å²) in [6, 6.07) is -0.390. The summed E-state index contributed by atoms with van der Waals surface area (Å²) >= 11 is 0. The van der Waals surface area contributed by atoms with Crippen LogP contribution in [0.15, 0.2) is 0 Å². The number of carboxylic acid groups (broad SMARTS) is 1. The summed E-state index contributed by atoms with van der Waals surface area (Å²) in [4.78, 5) is 35.3. The molecule has 2 N–H and O–H groups in total. The van der Waals surface area contributed by atoms with Gasteiger partial charge in [0.05, 0.1) is 18.9 Å². The van der Waals surface area contributed by atoms with Gasteiger partial charge >= 0.3 is 18.0 Å². The highest BCUT2D eigenvalue weighted by molar-refractivity contribution is 5.76. The van der Waals surface area contributed by atoms with E-state index < -0.39 is 5.97 Å². The first-order chi connectivity index (χ1) is 9.43. The number of ether oxygens (including phenoxy) is 1. The van der Waals surface area contributed by atoms with Gasteiger partial charge in [-0.2, -0.15) is 0 Å². The molecule has 7 nitrogen and oxygen atoms in total. The number of carboxylic acids is 1. The van der Waals surface area contributed by atoms with Gasteiger partial charge in [-0.3, -0.25) is 9.59 Å². The van der Waals surface area contributed by atoms with E-state index in [-0.39, 0.29) is 36.9 Å². The Labute approximate surface area is 118 Å². The van der Waals surface area contributed by atoms with Crippen LogP contribution in [0.5, 0.6) is 0 Å². The molecule has 0 heterocycles. The lowest BCUT2D eigenvalue weighted by atomic mass is 10.1. The molecule has 0 radical (unpaired) electrons. The van der Waals surface area contributed by atoms with Crippen LogP contribution >= 0.6 is 0 Å². The molecule has 0 aromatic carbocycles. The Morgan fingerprint density at radius 2 is 2.05 bits per heavy atom. The van der Waals surface area contributed by atoms with E-state index >= 15 is 0 Å². The Morgan fingerprint density at radius 1 is 1.35 bits per heavy atom. The summed E-state index contributed by atoms with van der Waals surface area (Å²) < 4.78 is 4.78. The molecule has 0 bridgehead atoms. The third-order valence-corrected chi connectivity index (χ3v) is 3.41. The first kappa shape index (κ1) is 16.3. The second kappa shape index (κ2) is 7.72. The summed E-state index contributed by atoms with van der Waals surface area (Å²) in [5.41, 5.74) is 0. The number of aliphatic carboxylic acids is 1. The van der Waals surface area contributed by atoms with E-state index in [1.807, 2.05) is 0 Å². The third kappa shape index (κ3) is 5.07. The summed E-state index contributed by atoms with van der Waals surface area (Å²) in [6.45, 7) is 2.33. The van der Waals surface area contributed by atoms with Gasteiger partial charge in [-0.1, -0.05) is 0 Å². The fraction of sp³-hybridized carbons (Fsp3) is 0.769. The maximum atomic E-state index is 11.9. The standard InChI is InChI=1S/C13H22N2O5/c1-3-20-11(16)6-7-15(2)13(19)14-10-5-4-9(8-10)12(17)18/h9-10H,3-8H2,1-2H3,(H,14,19)(H,17,18)/t9-,10+/m1/s1. The summed E-state index contributed by atoms with van der Waals surface area (Å²) in [7, 11) is 1.60. The number of esters is 1. The number of nitrogens with one attached hydrogen (secondary N) is 1. The Balaban J connectivity index is 2.28. The topological polar surface area (TPSA) is 95.9 Å². The third-order valence-electron chi connectivity index (χ3n) is 3.41. The van der Waals surface area contributed by atoms with Crippen molar-refractivity contribution in [2.24, 2.45) is 5.92 Å². The number of amides is 2. The van der Waals surface area contributed by atoms with Crippen molar-refractivity contribution in [2.75, 3.05) is 20.2 Å². The van der Waals surface area contributed by atoms with Crippen molar-refractivity contribution in [3.8, 4) is 0 Å². The number of hydrogen-bond acceptors (Lipinski definition) is 4. The molecule has 1 aliphatic rings. The van der Waals surface area contributed by atoms with Gasteiger partial charge < -0.3 is 20.1 Å². The zero-order valence-corrected chi connectivity index (χ0v) is 11.9. The molecule has 20 heavy (non-hydrogen) atoms. The van der Waals surface area contributed by atoms with Crippen molar-refractivity contribution in [2.45, 2.75) is 38.6 Å². The van der Waals surface area contributed by atoms with E-state index in [0.717, 1.165) is 0 Å². The van der Waals surface area contributed by atoms with E-state index in [2.05, 4.69) is 5.32 Å². The van der Waals surface area contributed by atoms with Crippen LogP contribution in [0.25, 0.3) is 0 Å². The van der Waals surface area contributed by atoms with Gasteiger partial charge in [0.25, 0.3) is 0 Å². The maximum absolute atomic E-state index is 11.9. The average molecular weight is 286 g/mol. The van der Waals surface area contributed by atoms with Crippen LogP contribution in [0.3, 0.4) is 0 Å². The molecular weight excluding hydrogens is 264 g/mol. The molecule has 2 atom stereocenters. The van der Waals surface area contributed by atoms with Crippen LogP contribution in [-0.2, 0) is 14.3 Å². The predicted octanol–water partition coefficient (Wildman–Crippen LogP) is 0.834. The second-order valence-corrected chi connectivity index (χ2v) is 4.97. The van der Waals surface area contributed by atoms with Crippen molar-refractivity contribution in [3.63, 3.8) is 0 Å². The molecule has 0 spiro atoms. The van der Waals surface area contributed by atoms with Gasteiger partial charge in [-0.05, 0) is 26.2 Å². The number of urea groups is 1. The molecule has 1 saturated carbocycles. The normalized spacial score (nSPS) is 21.3. The smallest absolute Gasteiger partial charge is 0.317 e. The fourth-order valence-electron chi connectivity index (χ4n) is 2.22. The van der Waals surface area contributed by atoms with Crippen LogP contribution in [0, 0.1) is 5.92 Å². The monoisotopic (exact) mass is 286 g/mol. The molecule has 0 aliphatic heterocycles. The molecular formula is C13H22N2O5. The largest absolute Gasteiger partial charge is 0.481 e. The number of rotatable bonds is 6. The lowest BCUT2D eigenvalue weighted by Gasteiger charge is -2.20. The number of hydrogen-bond donors (Lipinski definition) is 2. The molecule has 1 aliphatic carbocycles. The Morgan fingerprint density at radius 3 is 2.60 bits per heavy atom. The minimum Gasteiger partial charge on any atom is -0.481 e. The Kier molecular flexibility index (Phi) is 6.27. The molecule has 0 aromatic heterocycles. The lowest BCUT2D eigenvalue weighted by molar-refractivity contribution is -0.143. The molecule has 114 valence electrons. The van der Waals surface area contributed by atoms with Gasteiger partial charge in [0, 0.05) is 19.6 Å². The number of carbonyl (C=O) groups excluding carboxylic acids is 2.